The Morgan fingerprint density at radius 2 is 1.43 bits per heavy atom. The van der Waals surface area contributed by atoms with Crippen molar-refractivity contribution in [1.82, 2.24) is 20.0 Å². The third kappa shape index (κ3) is 5.40. The van der Waals surface area contributed by atoms with Gasteiger partial charge in [-0.25, -0.2) is 4.79 Å². The average Bonchev–Trinajstić information content (AvgIpc) is 3.16. The molecule has 0 aromatic rings. The summed E-state index contributed by atoms with van der Waals surface area (Å²) in [4.78, 5) is 32.4. The van der Waals surface area contributed by atoms with Gasteiger partial charge in [-0.3, -0.25) is 9.69 Å². The molecule has 3 fully saturated rings. The summed E-state index contributed by atoms with van der Waals surface area (Å²) in [6, 6.07) is 0.0321. The number of urea groups is 1. The summed E-state index contributed by atoms with van der Waals surface area (Å²) < 4.78 is 0. The molecular formula is C22H40N4O2. The molecule has 0 bridgehead atoms. The van der Waals surface area contributed by atoms with Crippen molar-refractivity contribution >= 4 is 11.9 Å². The van der Waals surface area contributed by atoms with Gasteiger partial charge in [-0.15, -0.1) is 0 Å². The molecule has 0 unspecified atom stereocenters. The zero-order valence-electron chi connectivity index (χ0n) is 18.4. The van der Waals surface area contributed by atoms with E-state index in [0.717, 1.165) is 44.9 Å². The summed E-state index contributed by atoms with van der Waals surface area (Å²) >= 11 is 0. The Morgan fingerprint density at radius 3 is 1.96 bits per heavy atom. The van der Waals surface area contributed by atoms with E-state index in [1.807, 2.05) is 25.7 Å². The predicted molar refractivity (Wildman–Crippen MR) is 112 cm³/mol. The van der Waals surface area contributed by atoms with E-state index >= 15 is 0 Å². The Balaban J connectivity index is 1.62. The Labute approximate surface area is 171 Å². The van der Waals surface area contributed by atoms with Crippen molar-refractivity contribution in [3.05, 3.63) is 0 Å². The number of carbonyl (C=O) groups excluding carboxylic acids is 2. The minimum Gasteiger partial charge on any atom is -0.341 e. The van der Waals surface area contributed by atoms with Gasteiger partial charge in [0.15, 0.2) is 0 Å². The van der Waals surface area contributed by atoms with Crippen molar-refractivity contribution < 1.29 is 9.59 Å². The van der Waals surface area contributed by atoms with Crippen molar-refractivity contribution in [3.63, 3.8) is 0 Å². The predicted octanol–water partition coefficient (Wildman–Crippen LogP) is 2.93. The van der Waals surface area contributed by atoms with E-state index in [0.29, 0.717) is 24.9 Å². The highest BCUT2D eigenvalue weighted by molar-refractivity contribution is 5.82. The zero-order chi connectivity index (χ0) is 20.3. The van der Waals surface area contributed by atoms with Crippen LogP contribution >= 0.6 is 0 Å². The molecule has 2 heterocycles. The van der Waals surface area contributed by atoms with Gasteiger partial charge < -0.3 is 15.1 Å². The maximum absolute atomic E-state index is 13.5. The fourth-order valence-electron chi connectivity index (χ4n) is 4.95. The van der Waals surface area contributed by atoms with Gasteiger partial charge in [0.2, 0.25) is 5.91 Å². The van der Waals surface area contributed by atoms with Gasteiger partial charge in [0.05, 0.1) is 6.04 Å². The van der Waals surface area contributed by atoms with Crippen LogP contribution in [0.15, 0.2) is 0 Å². The fourth-order valence-corrected chi connectivity index (χ4v) is 4.95. The molecule has 0 aromatic carbocycles. The molecule has 3 rings (SSSR count). The van der Waals surface area contributed by atoms with Gasteiger partial charge in [-0.1, -0.05) is 19.8 Å². The second-order valence-corrected chi connectivity index (χ2v) is 10.2. The number of nitrogens with one attached hydrogen (secondary N) is 1. The lowest BCUT2D eigenvalue weighted by atomic mass is 9.92. The first kappa shape index (κ1) is 21.4. The number of carbonyl (C=O) groups is 2. The standard InChI is InChI=1S/C22H40N4O2/c1-17-9-11-25(12-10-17)20(27)19(18-7-5-6-8-18)24-13-15-26(16-14-24)21(28)23-22(2,3)4/h17-19H,5-16H2,1-4H3,(H,23,28)/t19-/m1/s1. The lowest BCUT2D eigenvalue weighted by molar-refractivity contribution is -0.141. The minimum atomic E-state index is -0.220. The third-order valence-corrected chi connectivity index (χ3v) is 6.67. The molecule has 6 heteroatoms. The molecule has 6 nitrogen and oxygen atoms in total. The number of amides is 3. The van der Waals surface area contributed by atoms with E-state index in [9.17, 15) is 9.59 Å². The summed E-state index contributed by atoms with van der Waals surface area (Å²) in [6.07, 6.45) is 7.10. The van der Waals surface area contributed by atoms with Crippen LogP contribution in [-0.4, -0.2) is 77.5 Å². The van der Waals surface area contributed by atoms with Crippen LogP contribution < -0.4 is 5.32 Å². The van der Waals surface area contributed by atoms with Crippen LogP contribution in [0.3, 0.4) is 0 Å². The van der Waals surface area contributed by atoms with Crippen molar-refractivity contribution in [3.8, 4) is 0 Å². The molecule has 3 amide bonds. The molecule has 0 aromatic heterocycles. The summed E-state index contributed by atoms with van der Waals surface area (Å²) in [7, 11) is 0. The molecule has 160 valence electrons. The largest absolute Gasteiger partial charge is 0.341 e. The molecule has 3 aliphatic rings. The average molecular weight is 393 g/mol. The van der Waals surface area contributed by atoms with Crippen LogP contribution in [0.2, 0.25) is 0 Å². The van der Waals surface area contributed by atoms with Crippen LogP contribution in [0.5, 0.6) is 0 Å². The van der Waals surface area contributed by atoms with E-state index in [-0.39, 0.29) is 17.6 Å². The second-order valence-electron chi connectivity index (χ2n) is 10.2. The van der Waals surface area contributed by atoms with E-state index < -0.39 is 0 Å². The molecule has 0 radical (unpaired) electrons. The number of piperazine rings is 1. The number of rotatable bonds is 3. The summed E-state index contributed by atoms with van der Waals surface area (Å²) in [5.74, 6) is 1.58. The van der Waals surface area contributed by atoms with Crippen LogP contribution in [0.4, 0.5) is 4.79 Å². The number of hydrogen-bond acceptors (Lipinski definition) is 3. The molecule has 1 atom stereocenters. The Kier molecular flexibility index (Phi) is 6.89. The van der Waals surface area contributed by atoms with E-state index in [1.165, 1.54) is 25.7 Å². The molecule has 2 saturated heterocycles. The quantitative estimate of drug-likeness (QED) is 0.803. The molecule has 28 heavy (non-hydrogen) atoms. The highest BCUT2D eigenvalue weighted by Crippen LogP contribution is 2.32. The van der Waals surface area contributed by atoms with Crippen molar-refractivity contribution in [2.24, 2.45) is 11.8 Å². The maximum Gasteiger partial charge on any atom is 0.317 e. The smallest absolute Gasteiger partial charge is 0.317 e. The minimum absolute atomic E-state index is 0.0147. The fraction of sp³-hybridized carbons (Fsp3) is 0.909. The lowest BCUT2D eigenvalue weighted by Gasteiger charge is -2.43. The van der Waals surface area contributed by atoms with Crippen LogP contribution in [0.25, 0.3) is 0 Å². The number of piperidine rings is 1. The molecule has 2 aliphatic heterocycles. The molecule has 1 aliphatic carbocycles. The normalized spacial score (nSPS) is 24.4. The SMILES string of the molecule is CC1CCN(C(=O)[C@@H](C2CCCC2)N2CCN(C(=O)NC(C)(C)C)CC2)CC1. The van der Waals surface area contributed by atoms with Crippen molar-refractivity contribution in [1.29, 1.82) is 0 Å². The van der Waals surface area contributed by atoms with Gasteiger partial charge in [-0.05, 0) is 58.3 Å². The monoisotopic (exact) mass is 392 g/mol. The van der Waals surface area contributed by atoms with Crippen LogP contribution in [0, 0.1) is 11.8 Å². The Hall–Kier alpha value is -1.30. The van der Waals surface area contributed by atoms with E-state index in [4.69, 9.17) is 0 Å². The first-order valence-electron chi connectivity index (χ1n) is 11.3. The third-order valence-electron chi connectivity index (χ3n) is 6.67. The highest BCUT2D eigenvalue weighted by Gasteiger charge is 2.40. The number of likely N-dealkylation sites (tertiary alicyclic amines) is 1. The molecule has 0 spiro atoms. The van der Waals surface area contributed by atoms with Gasteiger partial charge in [0.1, 0.15) is 0 Å². The van der Waals surface area contributed by atoms with Gasteiger partial charge >= 0.3 is 6.03 Å². The Morgan fingerprint density at radius 1 is 0.857 bits per heavy atom. The molecule has 1 saturated carbocycles. The topological polar surface area (TPSA) is 55.9 Å². The summed E-state index contributed by atoms with van der Waals surface area (Å²) in [5.41, 5.74) is -0.220. The van der Waals surface area contributed by atoms with E-state index in [2.05, 4.69) is 22.0 Å². The van der Waals surface area contributed by atoms with Gasteiger partial charge in [0, 0.05) is 44.8 Å². The van der Waals surface area contributed by atoms with Crippen molar-refractivity contribution in [2.45, 2.75) is 77.8 Å². The van der Waals surface area contributed by atoms with Crippen LogP contribution in [0.1, 0.15) is 66.2 Å². The maximum atomic E-state index is 13.5. The molecular weight excluding hydrogens is 352 g/mol. The Bertz CT molecular complexity index is 537. The second kappa shape index (κ2) is 9.02. The van der Waals surface area contributed by atoms with Crippen LogP contribution in [-0.2, 0) is 4.79 Å². The van der Waals surface area contributed by atoms with Crippen molar-refractivity contribution in [2.75, 3.05) is 39.3 Å². The van der Waals surface area contributed by atoms with E-state index in [1.54, 1.807) is 0 Å². The lowest BCUT2D eigenvalue weighted by Crippen LogP contribution is -2.60. The van der Waals surface area contributed by atoms with Gasteiger partial charge in [-0.2, -0.15) is 0 Å². The number of hydrogen-bond donors (Lipinski definition) is 1. The highest BCUT2D eigenvalue weighted by atomic mass is 16.2. The summed E-state index contributed by atoms with van der Waals surface area (Å²) in [5, 5.41) is 3.06. The number of nitrogens with zero attached hydrogens (tertiary/aromatic N) is 3. The zero-order valence-corrected chi connectivity index (χ0v) is 18.4. The first-order valence-corrected chi connectivity index (χ1v) is 11.3. The van der Waals surface area contributed by atoms with Gasteiger partial charge in [0.25, 0.3) is 0 Å². The molecule has 1 N–H and O–H groups in total. The first-order chi connectivity index (χ1) is 13.2. The summed E-state index contributed by atoms with van der Waals surface area (Å²) in [6.45, 7) is 13.2.